The Morgan fingerprint density at radius 2 is 1.33 bits per heavy atom. The Kier molecular flexibility index (Phi) is 11.4. The molecule has 7 fully saturated rings. The fraction of sp³-hybridized carbons (Fsp3) is 1.00. The fourth-order valence-corrected chi connectivity index (χ4v) is 15.6. The Hall–Kier alpha value is 0. The molecule has 7 aliphatic rings. The van der Waals surface area contributed by atoms with E-state index < -0.39 is 0 Å². The maximum absolute atomic E-state index is 2.73. The van der Waals surface area contributed by atoms with Crippen molar-refractivity contribution in [3.63, 3.8) is 0 Å². The van der Waals surface area contributed by atoms with E-state index in [1.165, 1.54) is 102 Å². The maximum Gasteiger partial charge on any atom is -0.0134 e. The summed E-state index contributed by atoms with van der Waals surface area (Å²) in [5.41, 5.74) is 2.66. The summed E-state index contributed by atoms with van der Waals surface area (Å²) < 4.78 is 0. The molecule has 0 N–H and O–H groups in total. The number of rotatable bonds is 26. The molecule has 7 saturated carbocycles. The molecule has 0 radical (unpaired) electrons. The molecule has 0 amide bonds. The molecule has 0 bridgehead atoms. The van der Waals surface area contributed by atoms with Crippen LogP contribution in [0, 0.1) is 99.1 Å². The van der Waals surface area contributed by atoms with Gasteiger partial charge in [-0.25, -0.2) is 0 Å². The van der Waals surface area contributed by atoms with Crippen molar-refractivity contribution in [3.05, 3.63) is 0 Å². The van der Waals surface area contributed by atoms with E-state index in [2.05, 4.69) is 55.4 Å². The average Bonchev–Trinajstić information content (AvgIpc) is 3.82. The summed E-state index contributed by atoms with van der Waals surface area (Å²) in [7, 11) is 0. The lowest BCUT2D eigenvalue weighted by molar-refractivity contribution is 0.0709. The Balaban J connectivity index is 0.710. The summed E-state index contributed by atoms with van der Waals surface area (Å²) in [6.07, 6.45) is 36.6. The van der Waals surface area contributed by atoms with E-state index in [-0.39, 0.29) is 0 Å². The first-order chi connectivity index (χ1) is 23.7. The second kappa shape index (κ2) is 15.0. The van der Waals surface area contributed by atoms with Gasteiger partial charge < -0.3 is 0 Å². The normalized spacial score (nSPS) is 45.2. The van der Waals surface area contributed by atoms with E-state index in [9.17, 15) is 0 Å². The number of hydrogen-bond acceptors (Lipinski definition) is 0. The summed E-state index contributed by atoms with van der Waals surface area (Å²) in [6, 6.07) is 0. The van der Waals surface area contributed by atoms with Gasteiger partial charge in [-0.15, -0.1) is 0 Å². The Morgan fingerprint density at radius 1 is 0.673 bits per heavy atom. The van der Waals surface area contributed by atoms with Gasteiger partial charge in [0.1, 0.15) is 0 Å². The van der Waals surface area contributed by atoms with E-state index in [4.69, 9.17) is 0 Å². The summed E-state index contributed by atoms with van der Waals surface area (Å²) in [5.74, 6) is 15.0. The molecule has 0 saturated heterocycles. The van der Waals surface area contributed by atoms with Crippen LogP contribution in [0.25, 0.3) is 0 Å². The Morgan fingerprint density at radius 3 is 1.98 bits per heavy atom. The molecule has 7 rings (SSSR count). The van der Waals surface area contributed by atoms with Crippen LogP contribution in [0.5, 0.6) is 0 Å². The molecule has 49 heavy (non-hydrogen) atoms. The lowest BCUT2D eigenvalue weighted by Gasteiger charge is -2.43. The van der Waals surface area contributed by atoms with Crippen molar-refractivity contribution in [2.75, 3.05) is 0 Å². The van der Waals surface area contributed by atoms with Gasteiger partial charge in [0.2, 0.25) is 0 Å². The van der Waals surface area contributed by atoms with Crippen LogP contribution in [-0.2, 0) is 0 Å². The van der Waals surface area contributed by atoms with Crippen molar-refractivity contribution >= 4 is 0 Å². The van der Waals surface area contributed by atoms with Crippen LogP contribution in [0.1, 0.15) is 209 Å². The molecular formula is C49H86. The highest BCUT2D eigenvalue weighted by Gasteiger charge is 3.07. The summed E-state index contributed by atoms with van der Waals surface area (Å²) in [6.45, 7) is 20.2. The van der Waals surface area contributed by atoms with Gasteiger partial charge in [0, 0.05) is 0 Å². The fourth-order valence-electron chi connectivity index (χ4n) is 15.6. The van der Waals surface area contributed by atoms with Gasteiger partial charge in [0.05, 0.1) is 0 Å². The van der Waals surface area contributed by atoms with Gasteiger partial charge in [-0.1, -0.05) is 152 Å². The first-order valence-corrected chi connectivity index (χ1v) is 23.7. The maximum atomic E-state index is 2.73. The van der Waals surface area contributed by atoms with E-state index in [0.717, 1.165) is 93.2 Å². The van der Waals surface area contributed by atoms with Crippen LogP contribution in [0.2, 0.25) is 0 Å². The number of fused-ring (bicyclic) bond motifs is 4. The molecule has 0 heterocycles. The Labute approximate surface area is 307 Å². The molecule has 7 aliphatic carbocycles. The van der Waals surface area contributed by atoms with Crippen LogP contribution < -0.4 is 0 Å². The van der Waals surface area contributed by atoms with Crippen molar-refractivity contribution in [1.29, 1.82) is 0 Å². The summed E-state index contributed by atoms with van der Waals surface area (Å²) in [5, 5.41) is 0. The van der Waals surface area contributed by atoms with Crippen LogP contribution in [-0.4, -0.2) is 0 Å². The molecule has 0 aromatic rings. The van der Waals surface area contributed by atoms with E-state index in [1.807, 2.05) is 0 Å². The molecule has 0 aromatic carbocycles. The number of unbranched alkanes of at least 4 members (excludes halogenated alkanes) is 11. The first kappa shape index (κ1) is 37.3. The van der Waals surface area contributed by atoms with Crippen molar-refractivity contribution in [2.24, 2.45) is 99.1 Å². The second-order valence-electron chi connectivity index (χ2n) is 21.6. The van der Waals surface area contributed by atoms with Crippen molar-refractivity contribution in [3.8, 4) is 0 Å². The molecule has 0 aliphatic heterocycles. The van der Waals surface area contributed by atoms with Crippen molar-refractivity contribution in [2.45, 2.75) is 209 Å². The highest BCUT2D eigenvalue weighted by molar-refractivity contribution is 5.53. The molecule has 0 nitrogen and oxygen atoms in total. The predicted octanol–water partition coefficient (Wildman–Crippen LogP) is 15.2. The monoisotopic (exact) mass is 675 g/mol. The molecular weight excluding hydrogens is 589 g/mol. The Bertz CT molecular complexity index is 1070. The third kappa shape index (κ3) is 6.94. The molecule has 0 aromatic heterocycles. The van der Waals surface area contributed by atoms with Crippen molar-refractivity contribution in [1.82, 2.24) is 0 Å². The van der Waals surface area contributed by atoms with E-state index >= 15 is 0 Å². The molecule has 16 atom stereocenters. The topological polar surface area (TPSA) is 0 Å². The third-order valence-electron chi connectivity index (χ3n) is 18.9. The van der Waals surface area contributed by atoms with Gasteiger partial charge in [-0.05, 0) is 157 Å². The lowest BCUT2D eigenvalue weighted by Crippen LogP contribution is -2.34. The van der Waals surface area contributed by atoms with Crippen LogP contribution >= 0.6 is 0 Å². The van der Waals surface area contributed by atoms with Crippen LogP contribution in [0.15, 0.2) is 0 Å². The molecule has 0 heteroatoms. The van der Waals surface area contributed by atoms with E-state index in [1.54, 1.807) is 57.8 Å². The van der Waals surface area contributed by atoms with Gasteiger partial charge in [0.25, 0.3) is 0 Å². The van der Waals surface area contributed by atoms with Gasteiger partial charge in [0.15, 0.2) is 0 Å². The average molecular weight is 675 g/mol. The van der Waals surface area contributed by atoms with Gasteiger partial charge in [-0.3, -0.25) is 0 Å². The SMILES string of the molecule is CCCCCCC(C(C)C)C(C)CCCCCCCCCCCC12C(C)C1C21CC12CC2C(C)C1CC1C1CC1CCC1CC(C)C1CC. The summed E-state index contributed by atoms with van der Waals surface area (Å²) >= 11 is 0. The zero-order chi connectivity index (χ0) is 34.6. The zero-order valence-corrected chi connectivity index (χ0v) is 34.6. The van der Waals surface area contributed by atoms with Gasteiger partial charge in [-0.2, -0.15) is 0 Å². The van der Waals surface area contributed by atoms with Gasteiger partial charge >= 0.3 is 0 Å². The van der Waals surface area contributed by atoms with Crippen LogP contribution in [0.4, 0.5) is 0 Å². The highest BCUT2D eigenvalue weighted by Crippen LogP contribution is 3.11. The minimum atomic E-state index is 0.861. The first-order valence-electron chi connectivity index (χ1n) is 23.7. The second-order valence-corrected chi connectivity index (χ2v) is 21.6. The molecule has 16 unspecified atom stereocenters. The smallest absolute Gasteiger partial charge is 0.0134 e. The quantitative estimate of drug-likeness (QED) is 0.0801. The largest absolute Gasteiger partial charge is 0.0654 e. The molecule has 2 spiro atoms. The standard InChI is InChI=1S/C49H86/c1-9-11-12-21-24-41(33(3)4)34(5)23-20-18-16-14-13-15-17-19-22-27-48-37(8)46(48)49(48)32-47(49)31-45(47)36(7)42-30-44(42)43-29-39(43)26-25-38-28-35(6)40(38)10-2/h33-46H,9-32H2,1-8H3. The predicted molar refractivity (Wildman–Crippen MR) is 212 cm³/mol. The van der Waals surface area contributed by atoms with Crippen LogP contribution in [0.3, 0.4) is 0 Å². The highest BCUT2D eigenvalue weighted by atomic mass is 15.1. The number of hydrogen-bond donors (Lipinski definition) is 0. The zero-order valence-electron chi connectivity index (χ0n) is 34.6. The molecule has 282 valence electrons. The van der Waals surface area contributed by atoms with Crippen molar-refractivity contribution < 1.29 is 0 Å². The lowest BCUT2D eigenvalue weighted by atomic mass is 9.63. The minimum Gasteiger partial charge on any atom is -0.0654 e. The third-order valence-corrected chi connectivity index (χ3v) is 18.9. The summed E-state index contributed by atoms with van der Waals surface area (Å²) in [4.78, 5) is 0. The minimum absolute atomic E-state index is 0.861. The van der Waals surface area contributed by atoms with E-state index in [0.29, 0.717) is 0 Å².